The molecule has 15 heteroatoms. The van der Waals surface area contributed by atoms with Crippen LogP contribution in [0.4, 0.5) is 28.9 Å². The van der Waals surface area contributed by atoms with E-state index in [1.54, 1.807) is 42.7 Å². The van der Waals surface area contributed by atoms with Crippen molar-refractivity contribution in [3.8, 4) is 5.75 Å². The fourth-order valence-electron chi connectivity index (χ4n) is 4.57. The second-order valence-corrected chi connectivity index (χ2v) is 10.2. The van der Waals surface area contributed by atoms with Gasteiger partial charge in [0.1, 0.15) is 24.2 Å². The molecule has 1 amide bonds. The Labute approximate surface area is 261 Å². The second-order valence-electron chi connectivity index (χ2n) is 9.78. The summed E-state index contributed by atoms with van der Waals surface area (Å²) in [6.45, 7) is 2.24. The van der Waals surface area contributed by atoms with Crippen molar-refractivity contribution in [2.45, 2.75) is 31.5 Å². The molecule has 1 fully saturated rings. The van der Waals surface area contributed by atoms with E-state index < -0.39 is 35.9 Å². The van der Waals surface area contributed by atoms with Crippen LogP contribution in [0, 0.1) is 5.82 Å². The van der Waals surface area contributed by atoms with Gasteiger partial charge < -0.3 is 25.2 Å². The number of aliphatic carboxylic acids is 2. The SMILES string of the molecule is O=C(O)C(F)(F)F.O=C(O)[C@H]1CCCN1CCCN(C(=O)c1cc(Cl)cc(OCCNc2ccncc2)c1)c1ccccc1F. The number of alkyl halides is 3. The Hall–Kier alpha value is -4.43. The minimum absolute atomic E-state index is 0.151. The number of likely N-dealkylation sites (tertiary alicyclic amines) is 1. The zero-order chi connectivity index (χ0) is 33.0. The van der Waals surface area contributed by atoms with Crippen LogP contribution in [-0.2, 0) is 9.59 Å². The number of nitrogens with one attached hydrogen (secondary N) is 1. The summed E-state index contributed by atoms with van der Waals surface area (Å²) in [5.74, 6) is -4.12. The van der Waals surface area contributed by atoms with Gasteiger partial charge in [0.05, 0.1) is 5.69 Å². The normalized spacial score (nSPS) is 14.6. The quantitative estimate of drug-likeness (QED) is 0.169. The number of benzene rings is 2. The second kappa shape index (κ2) is 16.6. The monoisotopic (exact) mass is 654 g/mol. The number of halogens is 5. The maximum atomic E-state index is 14.8. The van der Waals surface area contributed by atoms with Crippen LogP contribution in [0.5, 0.6) is 5.75 Å². The summed E-state index contributed by atoms with van der Waals surface area (Å²) in [4.78, 5) is 41.3. The first kappa shape index (κ1) is 35.1. The van der Waals surface area contributed by atoms with Gasteiger partial charge in [0, 0.05) is 48.3 Å². The van der Waals surface area contributed by atoms with E-state index >= 15 is 0 Å². The fourth-order valence-corrected chi connectivity index (χ4v) is 4.79. The average molecular weight is 655 g/mol. The summed E-state index contributed by atoms with van der Waals surface area (Å²) < 4.78 is 52.3. The lowest BCUT2D eigenvalue weighted by Crippen LogP contribution is -2.39. The number of ether oxygens (including phenoxy) is 1. The molecule has 2 aromatic carbocycles. The Morgan fingerprint density at radius 3 is 2.42 bits per heavy atom. The van der Waals surface area contributed by atoms with E-state index in [1.807, 2.05) is 17.0 Å². The number of rotatable bonds is 12. The molecule has 1 aliphatic rings. The molecule has 0 aliphatic carbocycles. The maximum absolute atomic E-state index is 14.8. The van der Waals surface area contributed by atoms with E-state index in [1.165, 1.54) is 17.0 Å². The highest BCUT2D eigenvalue weighted by atomic mass is 35.5. The van der Waals surface area contributed by atoms with Crippen molar-refractivity contribution in [3.05, 3.63) is 83.4 Å². The van der Waals surface area contributed by atoms with Crippen LogP contribution >= 0.6 is 11.6 Å². The molecule has 0 saturated carbocycles. The van der Waals surface area contributed by atoms with Crippen LogP contribution in [0.25, 0.3) is 0 Å². The van der Waals surface area contributed by atoms with E-state index in [9.17, 15) is 32.3 Å². The molecule has 242 valence electrons. The number of carboxylic acid groups (broad SMARTS) is 2. The van der Waals surface area contributed by atoms with Gasteiger partial charge in [-0.05, 0) is 68.3 Å². The van der Waals surface area contributed by atoms with Gasteiger partial charge in [-0.3, -0.25) is 19.5 Å². The Bertz CT molecular complexity index is 1450. The molecule has 0 spiro atoms. The van der Waals surface area contributed by atoms with Crippen molar-refractivity contribution in [1.29, 1.82) is 0 Å². The van der Waals surface area contributed by atoms with Crippen molar-refractivity contribution in [3.63, 3.8) is 0 Å². The largest absolute Gasteiger partial charge is 0.492 e. The summed E-state index contributed by atoms with van der Waals surface area (Å²) in [7, 11) is 0. The number of nitrogens with zero attached hydrogens (tertiary/aromatic N) is 3. The molecule has 3 aromatic rings. The highest BCUT2D eigenvalue weighted by Crippen LogP contribution is 2.27. The molecule has 0 radical (unpaired) electrons. The molecular formula is C30H31ClF4N4O6. The van der Waals surface area contributed by atoms with Crippen LogP contribution in [-0.4, -0.2) is 82.9 Å². The lowest BCUT2D eigenvalue weighted by molar-refractivity contribution is -0.192. The molecule has 45 heavy (non-hydrogen) atoms. The van der Waals surface area contributed by atoms with Crippen molar-refractivity contribution in [2.75, 3.05) is 43.0 Å². The highest BCUT2D eigenvalue weighted by Gasteiger charge is 2.38. The third kappa shape index (κ3) is 10.9. The van der Waals surface area contributed by atoms with Crippen LogP contribution in [0.3, 0.4) is 0 Å². The Balaban J connectivity index is 0.000000707. The van der Waals surface area contributed by atoms with Crippen molar-refractivity contribution in [2.24, 2.45) is 0 Å². The first-order valence-electron chi connectivity index (χ1n) is 13.8. The van der Waals surface area contributed by atoms with Crippen molar-refractivity contribution >= 4 is 40.8 Å². The zero-order valence-corrected chi connectivity index (χ0v) is 24.6. The fraction of sp³-hybridized carbons (Fsp3) is 0.333. The summed E-state index contributed by atoms with van der Waals surface area (Å²) in [6.07, 6.45) is 0.198. The predicted octanol–water partition coefficient (Wildman–Crippen LogP) is 5.58. The van der Waals surface area contributed by atoms with E-state index in [0.717, 1.165) is 12.1 Å². The van der Waals surface area contributed by atoms with Gasteiger partial charge >= 0.3 is 18.1 Å². The molecule has 1 atom stereocenters. The number of anilines is 2. The lowest BCUT2D eigenvalue weighted by Gasteiger charge is -2.26. The van der Waals surface area contributed by atoms with Gasteiger partial charge in [0.25, 0.3) is 5.91 Å². The standard InChI is InChI=1S/C28H30ClFN4O4.C2HF3O2/c29-21-17-20(18-23(19-21)38-16-12-32-22-8-10-31-11-9-22)27(35)34(25-6-2-1-5-24(25)30)15-4-14-33-13-3-7-26(33)28(36)37;3-2(4,5)1(6)7/h1-2,5-6,8-11,17-19,26H,3-4,7,12-16H2,(H,31,32)(H,36,37);(H,6,7)/t26-;/m1./s1. The molecular weight excluding hydrogens is 624 g/mol. The molecule has 3 N–H and O–H groups in total. The Morgan fingerprint density at radius 1 is 1.09 bits per heavy atom. The molecule has 1 aliphatic heterocycles. The smallest absolute Gasteiger partial charge is 0.490 e. The van der Waals surface area contributed by atoms with Crippen LogP contribution < -0.4 is 15.0 Å². The van der Waals surface area contributed by atoms with Gasteiger partial charge in [-0.1, -0.05) is 23.7 Å². The number of para-hydroxylation sites is 1. The molecule has 2 heterocycles. The lowest BCUT2D eigenvalue weighted by atomic mass is 10.1. The third-order valence-corrected chi connectivity index (χ3v) is 6.82. The highest BCUT2D eigenvalue weighted by molar-refractivity contribution is 6.31. The number of carboxylic acids is 2. The molecule has 0 unspecified atom stereocenters. The predicted molar refractivity (Wildman–Crippen MR) is 158 cm³/mol. The summed E-state index contributed by atoms with van der Waals surface area (Å²) in [6, 6.07) is 14.0. The van der Waals surface area contributed by atoms with Crippen LogP contribution in [0.15, 0.2) is 67.0 Å². The van der Waals surface area contributed by atoms with Crippen molar-refractivity contribution in [1.82, 2.24) is 9.88 Å². The van der Waals surface area contributed by atoms with E-state index in [0.29, 0.717) is 49.9 Å². The van der Waals surface area contributed by atoms with E-state index in [2.05, 4.69) is 10.3 Å². The van der Waals surface area contributed by atoms with E-state index in [4.69, 9.17) is 26.2 Å². The number of hydrogen-bond donors (Lipinski definition) is 3. The maximum Gasteiger partial charge on any atom is 0.490 e. The van der Waals surface area contributed by atoms with Crippen molar-refractivity contribution < 1.29 is 46.9 Å². The summed E-state index contributed by atoms with van der Waals surface area (Å²) in [5, 5.41) is 20.1. The first-order valence-corrected chi connectivity index (χ1v) is 14.1. The number of aromatic nitrogens is 1. The molecule has 1 aromatic heterocycles. The molecule has 4 rings (SSSR count). The topological polar surface area (TPSA) is 132 Å². The van der Waals surface area contributed by atoms with Gasteiger partial charge in [0.2, 0.25) is 0 Å². The van der Waals surface area contributed by atoms with Crippen LogP contribution in [0.2, 0.25) is 5.02 Å². The molecule has 1 saturated heterocycles. The Kier molecular flexibility index (Phi) is 12.9. The minimum Gasteiger partial charge on any atom is -0.492 e. The number of hydrogen-bond acceptors (Lipinski definition) is 7. The zero-order valence-electron chi connectivity index (χ0n) is 23.8. The number of carbonyl (C=O) groups excluding carboxylic acids is 1. The van der Waals surface area contributed by atoms with Gasteiger partial charge in [0.15, 0.2) is 0 Å². The van der Waals surface area contributed by atoms with Gasteiger partial charge in [-0.2, -0.15) is 13.2 Å². The summed E-state index contributed by atoms with van der Waals surface area (Å²) >= 11 is 6.31. The number of amides is 1. The minimum atomic E-state index is -5.08. The van der Waals surface area contributed by atoms with Crippen LogP contribution in [0.1, 0.15) is 29.6 Å². The third-order valence-electron chi connectivity index (χ3n) is 6.61. The average Bonchev–Trinajstić information content (AvgIpc) is 3.47. The first-order chi connectivity index (χ1) is 21.4. The van der Waals surface area contributed by atoms with Gasteiger partial charge in [-0.15, -0.1) is 0 Å². The number of carbonyl (C=O) groups is 3. The number of pyridine rings is 1. The van der Waals surface area contributed by atoms with Gasteiger partial charge in [-0.25, -0.2) is 9.18 Å². The molecule has 0 bridgehead atoms. The Morgan fingerprint density at radius 2 is 1.78 bits per heavy atom. The summed E-state index contributed by atoms with van der Waals surface area (Å²) in [5.41, 5.74) is 1.33. The molecule has 10 nitrogen and oxygen atoms in total. The van der Waals surface area contributed by atoms with E-state index in [-0.39, 0.29) is 17.8 Å².